The third kappa shape index (κ3) is 6.48. The quantitative estimate of drug-likeness (QED) is 0.125. The summed E-state index contributed by atoms with van der Waals surface area (Å²) in [6.45, 7) is 14.4. The normalized spacial score (nSPS) is 56.1. The third-order valence-corrected chi connectivity index (χ3v) is 17.7. The number of ether oxygens (including phenoxy) is 5. The van der Waals surface area contributed by atoms with E-state index in [0.29, 0.717) is 12.8 Å². The second-order valence-corrected chi connectivity index (χ2v) is 21.0. The smallest absolute Gasteiger partial charge is 0.187 e. The number of allylic oxidation sites excluding steroid dienone is 1. The Hall–Kier alpha value is -0.820. The average molecular weight is 813 g/mol. The molecular formula is C43H72O14. The maximum Gasteiger partial charge on any atom is 0.187 e. The van der Waals surface area contributed by atoms with E-state index < -0.39 is 91.1 Å². The first-order valence-corrected chi connectivity index (χ1v) is 21.4. The van der Waals surface area contributed by atoms with Crippen LogP contribution in [0.15, 0.2) is 11.6 Å². The SMILES string of the molecule is CO[C@H]1C=C2[C@H]3CC(C)(C)CC[C@]3(CO)[C@@H](O)C[C@@]2(C)[C@]2(C)CC[C@H]3[C@](C)(CO)[C@@H](O[C@@H]4O[C@H](C)[C@H](O)[C@H](O[C@@H]5O[C@H](CO)[C@@H](O)[C@H](O)[C@H]5O)[C@H]4O)CC[C@]3(C)[C@@H]12. The van der Waals surface area contributed by atoms with E-state index >= 15 is 0 Å². The number of aliphatic hydroxyl groups is 9. The van der Waals surface area contributed by atoms with Gasteiger partial charge in [-0.05, 0) is 91.8 Å². The van der Waals surface area contributed by atoms with Crippen LogP contribution in [0.5, 0.6) is 0 Å². The van der Waals surface area contributed by atoms with Crippen LogP contribution in [0, 0.1) is 50.2 Å². The van der Waals surface area contributed by atoms with Crippen LogP contribution < -0.4 is 0 Å². The van der Waals surface area contributed by atoms with Crippen LogP contribution in [0.4, 0.5) is 0 Å². The zero-order valence-corrected chi connectivity index (χ0v) is 35.2. The van der Waals surface area contributed by atoms with Gasteiger partial charge >= 0.3 is 0 Å². The van der Waals surface area contributed by atoms with Crippen LogP contribution in [-0.2, 0) is 23.7 Å². The molecule has 7 rings (SSSR count). The molecule has 2 heterocycles. The van der Waals surface area contributed by atoms with E-state index in [9.17, 15) is 46.0 Å². The van der Waals surface area contributed by atoms with Gasteiger partial charge in [0.25, 0.3) is 0 Å². The molecule has 57 heavy (non-hydrogen) atoms. The van der Waals surface area contributed by atoms with Crippen LogP contribution in [0.3, 0.4) is 0 Å². The summed E-state index contributed by atoms with van der Waals surface area (Å²) in [4.78, 5) is 0. The van der Waals surface area contributed by atoms with Crippen LogP contribution in [0.25, 0.3) is 0 Å². The number of rotatable bonds is 8. The van der Waals surface area contributed by atoms with Gasteiger partial charge in [0.2, 0.25) is 0 Å². The summed E-state index contributed by atoms with van der Waals surface area (Å²) < 4.78 is 30.6. The number of hydrogen-bond donors (Lipinski definition) is 9. The molecule has 2 aliphatic heterocycles. The van der Waals surface area contributed by atoms with Gasteiger partial charge in [0, 0.05) is 23.9 Å². The zero-order valence-electron chi connectivity index (χ0n) is 35.2. The first-order chi connectivity index (χ1) is 26.6. The number of hydrogen-bond acceptors (Lipinski definition) is 14. The molecule has 14 nitrogen and oxygen atoms in total. The highest BCUT2D eigenvalue weighted by molar-refractivity contribution is 5.37. The standard InChI is InChI=1S/C43H72O14/c1-21-29(48)34(57-36-32(51)31(50)30(49)25(18-44)55-36)33(52)37(54-21)56-28-10-11-39(4)26(40(28,5)19-45)9-12-41(6)35(39)24(53-8)15-22-23-16-38(2,3)13-14-43(23,20-46)27(47)17-42(22,41)7/h15,21,23-37,44-52H,9-14,16-20H2,1-8H3/t21-,23-,24+,25-,26-,27+,28+,29+,30-,31+,32-,33-,34+,35-,36+,37+,39+,40+,41-,42-,43-/m1/s1. The molecule has 6 fully saturated rings. The molecule has 0 spiro atoms. The van der Waals surface area contributed by atoms with Gasteiger partial charge in [-0.1, -0.05) is 53.2 Å². The molecule has 0 amide bonds. The van der Waals surface area contributed by atoms with Crippen LogP contribution >= 0.6 is 0 Å². The van der Waals surface area contributed by atoms with Crippen molar-refractivity contribution in [1.29, 1.82) is 0 Å². The Morgan fingerprint density at radius 1 is 0.737 bits per heavy atom. The van der Waals surface area contributed by atoms with Gasteiger partial charge in [-0.2, -0.15) is 0 Å². The summed E-state index contributed by atoms with van der Waals surface area (Å²) >= 11 is 0. The van der Waals surface area contributed by atoms with Crippen LogP contribution in [0.1, 0.15) is 99.8 Å². The predicted octanol–water partition coefficient (Wildman–Crippen LogP) is 1.39. The molecule has 0 unspecified atom stereocenters. The molecule has 2 saturated heterocycles. The van der Waals surface area contributed by atoms with Crippen molar-refractivity contribution in [3.63, 3.8) is 0 Å². The lowest BCUT2D eigenvalue weighted by atomic mass is 9.32. The van der Waals surface area contributed by atoms with Crippen molar-refractivity contribution in [1.82, 2.24) is 0 Å². The molecule has 5 aliphatic carbocycles. The maximum absolute atomic E-state index is 12.1. The van der Waals surface area contributed by atoms with Crippen LogP contribution in [0.2, 0.25) is 0 Å². The first kappa shape index (κ1) is 44.2. The Morgan fingerprint density at radius 2 is 1.42 bits per heavy atom. The molecule has 0 aromatic rings. The average Bonchev–Trinajstić information content (AvgIpc) is 3.16. The van der Waals surface area contributed by atoms with Crippen molar-refractivity contribution in [2.24, 2.45) is 50.2 Å². The highest BCUT2D eigenvalue weighted by Crippen LogP contribution is 2.76. The van der Waals surface area contributed by atoms with E-state index in [1.807, 2.05) is 6.92 Å². The number of fused-ring (bicyclic) bond motifs is 7. The van der Waals surface area contributed by atoms with Gasteiger partial charge in [0.05, 0.1) is 44.2 Å². The molecule has 4 saturated carbocycles. The van der Waals surface area contributed by atoms with E-state index in [-0.39, 0.29) is 58.7 Å². The van der Waals surface area contributed by atoms with Gasteiger partial charge in [0.15, 0.2) is 12.6 Å². The highest BCUT2D eigenvalue weighted by atomic mass is 16.7. The number of aliphatic hydroxyl groups excluding tert-OH is 9. The van der Waals surface area contributed by atoms with Gasteiger partial charge in [-0.25, -0.2) is 0 Å². The fourth-order valence-corrected chi connectivity index (χ4v) is 14.0. The summed E-state index contributed by atoms with van der Waals surface area (Å²) in [6, 6.07) is 0. The number of methoxy groups -OCH3 is 1. The Labute approximate surface area is 337 Å². The zero-order chi connectivity index (χ0) is 41.8. The van der Waals surface area contributed by atoms with E-state index in [1.165, 1.54) is 5.57 Å². The minimum absolute atomic E-state index is 0.0303. The van der Waals surface area contributed by atoms with Crippen molar-refractivity contribution < 1.29 is 69.6 Å². The third-order valence-electron chi connectivity index (χ3n) is 17.7. The van der Waals surface area contributed by atoms with Gasteiger partial charge < -0.3 is 69.6 Å². The first-order valence-electron chi connectivity index (χ1n) is 21.4. The lowest BCUT2D eigenvalue weighted by Gasteiger charge is -2.73. The molecular weight excluding hydrogens is 740 g/mol. The monoisotopic (exact) mass is 812 g/mol. The molecule has 21 atom stereocenters. The molecule has 0 radical (unpaired) electrons. The van der Waals surface area contributed by atoms with E-state index in [0.717, 1.165) is 38.5 Å². The lowest BCUT2D eigenvalue weighted by molar-refractivity contribution is -0.368. The van der Waals surface area contributed by atoms with Crippen molar-refractivity contribution >= 4 is 0 Å². The topological polar surface area (TPSA) is 228 Å². The second kappa shape index (κ2) is 15.2. The minimum atomic E-state index is -1.74. The fraction of sp³-hybridized carbons (Fsp3) is 0.953. The molecule has 14 heteroatoms. The second-order valence-electron chi connectivity index (χ2n) is 21.0. The molecule has 0 bridgehead atoms. The predicted molar refractivity (Wildman–Crippen MR) is 205 cm³/mol. The van der Waals surface area contributed by atoms with Crippen molar-refractivity contribution in [3.8, 4) is 0 Å². The molecule has 9 N–H and O–H groups in total. The molecule has 328 valence electrons. The Kier molecular flexibility index (Phi) is 11.8. The molecule has 0 aromatic heterocycles. The Bertz CT molecular complexity index is 1490. The van der Waals surface area contributed by atoms with Crippen molar-refractivity contribution in [2.45, 2.75) is 180 Å². The van der Waals surface area contributed by atoms with Crippen LogP contribution in [-0.4, -0.2) is 153 Å². The van der Waals surface area contributed by atoms with E-state index in [2.05, 4.69) is 40.7 Å². The summed E-state index contributed by atoms with van der Waals surface area (Å²) in [6.07, 6.45) is -7.49. The van der Waals surface area contributed by atoms with E-state index in [1.54, 1.807) is 14.0 Å². The van der Waals surface area contributed by atoms with Crippen molar-refractivity contribution in [2.75, 3.05) is 26.9 Å². The summed E-state index contributed by atoms with van der Waals surface area (Å²) in [7, 11) is 1.78. The van der Waals surface area contributed by atoms with Gasteiger partial charge in [-0.15, -0.1) is 0 Å². The highest BCUT2D eigenvalue weighted by Gasteiger charge is 2.72. The Balaban J connectivity index is 1.17. The maximum atomic E-state index is 12.1. The molecule has 0 aromatic carbocycles. The van der Waals surface area contributed by atoms with Crippen molar-refractivity contribution in [3.05, 3.63) is 11.6 Å². The van der Waals surface area contributed by atoms with Gasteiger partial charge in [0.1, 0.15) is 42.7 Å². The molecule has 7 aliphatic rings. The fourth-order valence-electron chi connectivity index (χ4n) is 14.0. The Morgan fingerprint density at radius 3 is 2.05 bits per heavy atom. The van der Waals surface area contributed by atoms with E-state index in [4.69, 9.17) is 23.7 Å². The lowest BCUT2D eigenvalue weighted by Crippen LogP contribution is -2.70. The minimum Gasteiger partial charge on any atom is -0.396 e. The largest absolute Gasteiger partial charge is 0.396 e. The van der Waals surface area contributed by atoms with Gasteiger partial charge in [-0.3, -0.25) is 0 Å². The summed E-state index contributed by atoms with van der Waals surface area (Å²) in [5.74, 6) is 0.0264. The summed E-state index contributed by atoms with van der Waals surface area (Å²) in [5, 5.41) is 98.1. The summed E-state index contributed by atoms with van der Waals surface area (Å²) in [5.41, 5.74) is -0.934.